The van der Waals surface area contributed by atoms with Gasteiger partial charge in [-0.1, -0.05) is 24.3 Å². The van der Waals surface area contributed by atoms with Crippen molar-refractivity contribution in [2.45, 2.75) is 20.5 Å². The average molecular weight is 605 g/mol. The van der Waals surface area contributed by atoms with Gasteiger partial charge < -0.3 is 10.1 Å². The van der Waals surface area contributed by atoms with Crippen LogP contribution in [-0.2, 0) is 11.4 Å². The van der Waals surface area contributed by atoms with Gasteiger partial charge in [-0.3, -0.25) is 4.79 Å². The zero-order valence-corrected chi connectivity index (χ0v) is 21.1. The van der Waals surface area contributed by atoms with E-state index in [4.69, 9.17) is 4.74 Å². The Kier molecular flexibility index (Phi) is 8.04. The Hall–Kier alpha value is -2.70. The van der Waals surface area contributed by atoms with Crippen molar-refractivity contribution in [2.24, 2.45) is 0 Å². The summed E-state index contributed by atoms with van der Waals surface area (Å²) in [5.74, 6) is -0.134. The molecule has 4 nitrogen and oxygen atoms in total. The topological polar surface area (TPSA) is 62.1 Å². The first-order valence-corrected chi connectivity index (χ1v) is 11.5. The zero-order chi connectivity index (χ0) is 23.3. The maximum atomic E-state index is 13.1. The first kappa shape index (κ1) is 24.0. The molecule has 0 bridgehead atoms. The van der Waals surface area contributed by atoms with E-state index in [1.165, 1.54) is 18.2 Å². The van der Waals surface area contributed by atoms with Crippen LogP contribution in [0.2, 0.25) is 0 Å². The van der Waals surface area contributed by atoms with Crippen LogP contribution in [0, 0.1) is 34.6 Å². The third-order valence-electron chi connectivity index (χ3n) is 4.85. The molecule has 3 rings (SSSR count). The Bertz CT molecular complexity index is 1210. The van der Waals surface area contributed by atoms with E-state index in [0.717, 1.165) is 20.3 Å². The lowest BCUT2D eigenvalue weighted by atomic mass is 10.1. The molecular weight excluding hydrogens is 586 g/mol. The van der Waals surface area contributed by atoms with Gasteiger partial charge in [0, 0.05) is 5.69 Å². The van der Waals surface area contributed by atoms with Gasteiger partial charge in [0.2, 0.25) is 0 Å². The summed E-state index contributed by atoms with van der Waals surface area (Å²) >= 11 is 5.64. The molecule has 0 atom stereocenters. The predicted molar refractivity (Wildman–Crippen MR) is 136 cm³/mol. The van der Waals surface area contributed by atoms with Crippen molar-refractivity contribution in [3.8, 4) is 11.8 Å². The smallest absolute Gasteiger partial charge is 0.266 e. The van der Waals surface area contributed by atoms with Gasteiger partial charge >= 0.3 is 0 Å². The molecule has 0 saturated carbocycles. The molecule has 7 heteroatoms. The van der Waals surface area contributed by atoms with Gasteiger partial charge in [0.1, 0.15) is 29.8 Å². The molecule has 0 aliphatic carbocycles. The third-order valence-corrected chi connectivity index (χ3v) is 6.24. The van der Waals surface area contributed by atoms with Crippen molar-refractivity contribution in [1.29, 1.82) is 5.26 Å². The molecule has 0 aliphatic rings. The molecule has 162 valence electrons. The lowest BCUT2D eigenvalue weighted by Gasteiger charge is -2.12. The fourth-order valence-electron chi connectivity index (χ4n) is 2.93. The molecular formula is C25H19BrFIN2O2. The van der Waals surface area contributed by atoms with Gasteiger partial charge in [-0.2, -0.15) is 5.26 Å². The molecule has 3 aromatic carbocycles. The second kappa shape index (κ2) is 10.7. The van der Waals surface area contributed by atoms with Gasteiger partial charge in [0.25, 0.3) is 5.91 Å². The summed E-state index contributed by atoms with van der Waals surface area (Å²) in [6.07, 6.45) is 1.54. The molecule has 1 N–H and O–H groups in total. The van der Waals surface area contributed by atoms with Crippen molar-refractivity contribution in [3.05, 3.63) is 96.3 Å². The second-order valence-electron chi connectivity index (χ2n) is 7.10. The van der Waals surface area contributed by atoms with Crippen molar-refractivity contribution in [3.63, 3.8) is 0 Å². The van der Waals surface area contributed by atoms with E-state index in [2.05, 4.69) is 43.8 Å². The van der Waals surface area contributed by atoms with E-state index in [9.17, 15) is 14.4 Å². The Morgan fingerprint density at radius 2 is 1.94 bits per heavy atom. The maximum absolute atomic E-state index is 13.1. The highest BCUT2D eigenvalue weighted by molar-refractivity contribution is 14.1. The number of benzene rings is 3. The number of ether oxygens (including phenoxy) is 1. The summed E-state index contributed by atoms with van der Waals surface area (Å²) in [7, 11) is 0. The molecule has 0 fully saturated rings. The highest BCUT2D eigenvalue weighted by atomic mass is 127. The van der Waals surface area contributed by atoms with Crippen LogP contribution in [-0.4, -0.2) is 5.91 Å². The van der Waals surface area contributed by atoms with E-state index in [0.29, 0.717) is 21.5 Å². The minimum absolute atomic E-state index is 0.00594. The monoisotopic (exact) mass is 604 g/mol. The highest BCUT2D eigenvalue weighted by Crippen LogP contribution is 2.33. The van der Waals surface area contributed by atoms with Crippen LogP contribution in [0.15, 0.2) is 64.6 Å². The molecule has 0 aromatic heterocycles. The van der Waals surface area contributed by atoms with E-state index < -0.39 is 5.91 Å². The van der Waals surface area contributed by atoms with Crippen molar-refractivity contribution >= 4 is 56.2 Å². The molecule has 32 heavy (non-hydrogen) atoms. The Morgan fingerprint density at radius 3 is 2.59 bits per heavy atom. The molecule has 0 unspecified atom stereocenters. The lowest BCUT2D eigenvalue weighted by Crippen LogP contribution is -2.14. The normalized spacial score (nSPS) is 11.1. The third kappa shape index (κ3) is 5.96. The van der Waals surface area contributed by atoms with Crippen LogP contribution < -0.4 is 10.1 Å². The van der Waals surface area contributed by atoms with Crippen LogP contribution in [0.25, 0.3) is 6.08 Å². The number of aryl methyl sites for hydroxylation is 1. The van der Waals surface area contributed by atoms with Gasteiger partial charge in [-0.25, -0.2) is 4.39 Å². The van der Waals surface area contributed by atoms with Gasteiger partial charge in [-0.05, 0) is 111 Å². The zero-order valence-electron chi connectivity index (χ0n) is 17.4. The van der Waals surface area contributed by atoms with Crippen molar-refractivity contribution < 1.29 is 13.9 Å². The Morgan fingerprint density at radius 1 is 1.22 bits per heavy atom. The molecule has 0 spiro atoms. The second-order valence-corrected chi connectivity index (χ2v) is 9.12. The molecule has 0 radical (unpaired) electrons. The first-order chi connectivity index (χ1) is 15.3. The van der Waals surface area contributed by atoms with E-state index in [1.54, 1.807) is 18.2 Å². The van der Waals surface area contributed by atoms with Crippen LogP contribution in [0.5, 0.6) is 5.75 Å². The molecule has 1 amide bonds. The summed E-state index contributed by atoms with van der Waals surface area (Å²) in [5.41, 5.74) is 4.21. The van der Waals surface area contributed by atoms with Gasteiger partial charge in [0.15, 0.2) is 0 Å². The number of nitriles is 1. The number of hydrogen-bond acceptors (Lipinski definition) is 3. The highest BCUT2D eigenvalue weighted by Gasteiger charge is 2.14. The van der Waals surface area contributed by atoms with Crippen molar-refractivity contribution in [1.82, 2.24) is 0 Å². The number of nitrogens with one attached hydrogen (secondary N) is 1. The van der Waals surface area contributed by atoms with Crippen molar-refractivity contribution in [2.75, 3.05) is 5.32 Å². The number of carbonyl (C=O) groups is 1. The van der Waals surface area contributed by atoms with Crippen LogP contribution in [0.4, 0.5) is 10.1 Å². The van der Waals surface area contributed by atoms with E-state index in [1.807, 2.05) is 44.2 Å². The number of amides is 1. The summed E-state index contributed by atoms with van der Waals surface area (Å²) < 4.78 is 20.4. The van der Waals surface area contributed by atoms with E-state index in [-0.39, 0.29) is 18.0 Å². The van der Waals surface area contributed by atoms with Gasteiger partial charge in [0.05, 0.1) is 8.04 Å². The Labute approximate surface area is 208 Å². The molecule has 0 heterocycles. The average Bonchev–Trinajstić information content (AvgIpc) is 2.76. The quantitative estimate of drug-likeness (QED) is 0.188. The summed E-state index contributed by atoms with van der Waals surface area (Å²) in [6, 6.07) is 17.3. The standard InChI is InChI=1S/C25H19BrFIN2O2/c1-15-4-3-5-23(16(15)2)30-25(31)19(13-29)10-18-11-21(26)24(22(28)12-18)32-14-17-6-8-20(27)9-7-17/h3-12H,14H2,1-2H3,(H,30,31)/b19-10+. The predicted octanol–water partition coefficient (Wildman–Crippen LogP) is 6.93. The Balaban J connectivity index is 1.78. The number of halogens is 3. The van der Waals surface area contributed by atoms with Crippen LogP contribution >= 0.6 is 38.5 Å². The largest absolute Gasteiger partial charge is 0.487 e. The van der Waals surface area contributed by atoms with Crippen LogP contribution in [0.1, 0.15) is 22.3 Å². The molecule has 3 aromatic rings. The minimum atomic E-state index is -0.469. The summed E-state index contributed by atoms with van der Waals surface area (Å²) in [5, 5.41) is 12.3. The molecule has 0 aliphatic heterocycles. The van der Waals surface area contributed by atoms with E-state index >= 15 is 0 Å². The van der Waals surface area contributed by atoms with Gasteiger partial charge in [-0.15, -0.1) is 0 Å². The number of nitrogens with zero attached hydrogens (tertiary/aromatic N) is 1. The summed E-state index contributed by atoms with van der Waals surface area (Å²) in [6.45, 7) is 4.17. The number of carbonyl (C=O) groups excluding carboxylic acids is 1. The first-order valence-electron chi connectivity index (χ1n) is 9.64. The SMILES string of the molecule is Cc1cccc(NC(=O)/C(C#N)=C/c2cc(Br)c(OCc3ccc(F)cc3)c(I)c2)c1C. The minimum Gasteiger partial charge on any atom is -0.487 e. The van der Waals surface area contributed by atoms with Crippen LogP contribution in [0.3, 0.4) is 0 Å². The summed E-state index contributed by atoms with van der Waals surface area (Å²) in [4.78, 5) is 12.7. The lowest BCUT2D eigenvalue weighted by molar-refractivity contribution is -0.112. The number of hydrogen-bond donors (Lipinski definition) is 1. The number of rotatable bonds is 6. The maximum Gasteiger partial charge on any atom is 0.266 e. The fourth-order valence-corrected chi connectivity index (χ4v) is 4.70. The fraction of sp³-hybridized carbons (Fsp3) is 0.120. The number of anilines is 1. The molecule has 0 saturated heterocycles.